The second-order valence-electron chi connectivity index (χ2n) is 7.71. The molecule has 21 heavy (non-hydrogen) atoms. The summed E-state index contributed by atoms with van der Waals surface area (Å²) < 4.78 is 11.6. The number of ether oxygens (including phenoxy) is 2. The Balaban J connectivity index is 2.13. The van der Waals surface area contributed by atoms with E-state index in [0.29, 0.717) is 26.1 Å². The first-order chi connectivity index (χ1) is 9.53. The summed E-state index contributed by atoms with van der Waals surface area (Å²) in [6.07, 6.45) is 0.689. The van der Waals surface area contributed by atoms with E-state index in [2.05, 4.69) is 0 Å². The molecule has 2 N–H and O–H groups in total. The lowest BCUT2D eigenvalue weighted by molar-refractivity contribution is -0.192. The van der Waals surface area contributed by atoms with E-state index < -0.39 is 5.54 Å². The van der Waals surface area contributed by atoms with Crippen LogP contribution in [0.1, 0.15) is 48.0 Å². The standard InChI is InChI=1S/C16H30N2O3/c1-7-20-12-8-16(17,15(12,5)6)13(19)18-9-11(2)21-14(3,4)10-18/h11-12H,7-10,17H2,1-6H3. The van der Waals surface area contributed by atoms with Gasteiger partial charge < -0.3 is 20.1 Å². The highest BCUT2D eigenvalue weighted by molar-refractivity contribution is 5.89. The number of rotatable bonds is 3. The third-order valence-electron chi connectivity index (χ3n) is 5.07. The third-order valence-corrected chi connectivity index (χ3v) is 5.07. The van der Waals surface area contributed by atoms with E-state index in [1.807, 2.05) is 46.4 Å². The molecule has 122 valence electrons. The minimum Gasteiger partial charge on any atom is -0.378 e. The van der Waals surface area contributed by atoms with Gasteiger partial charge in [0.1, 0.15) is 5.54 Å². The van der Waals surface area contributed by atoms with Crippen molar-refractivity contribution in [2.24, 2.45) is 11.1 Å². The fourth-order valence-corrected chi connectivity index (χ4v) is 3.69. The number of amides is 1. The van der Waals surface area contributed by atoms with Crippen molar-refractivity contribution in [1.82, 2.24) is 4.90 Å². The van der Waals surface area contributed by atoms with Crippen molar-refractivity contribution < 1.29 is 14.3 Å². The minimum absolute atomic E-state index is 0.0340. The molecule has 2 rings (SSSR count). The normalized spacial score (nSPS) is 38.0. The Morgan fingerprint density at radius 3 is 2.48 bits per heavy atom. The van der Waals surface area contributed by atoms with Crippen molar-refractivity contribution in [3.8, 4) is 0 Å². The van der Waals surface area contributed by atoms with Crippen LogP contribution in [0, 0.1) is 5.41 Å². The van der Waals surface area contributed by atoms with Gasteiger partial charge in [-0.3, -0.25) is 4.79 Å². The minimum atomic E-state index is -0.833. The summed E-state index contributed by atoms with van der Waals surface area (Å²) in [5, 5.41) is 0. The topological polar surface area (TPSA) is 64.8 Å². The van der Waals surface area contributed by atoms with E-state index in [1.165, 1.54) is 0 Å². The first-order valence-electron chi connectivity index (χ1n) is 7.91. The summed E-state index contributed by atoms with van der Waals surface area (Å²) in [5.74, 6) is 0.0340. The van der Waals surface area contributed by atoms with Gasteiger partial charge in [-0.2, -0.15) is 0 Å². The zero-order valence-electron chi connectivity index (χ0n) is 14.2. The molecule has 3 unspecified atom stereocenters. The molecule has 2 aliphatic rings. The molecule has 0 radical (unpaired) electrons. The van der Waals surface area contributed by atoms with Gasteiger partial charge in [-0.15, -0.1) is 0 Å². The molecular weight excluding hydrogens is 268 g/mol. The van der Waals surface area contributed by atoms with Gasteiger partial charge in [0.05, 0.1) is 17.8 Å². The Morgan fingerprint density at radius 1 is 1.38 bits per heavy atom. The SMILES string of the molecule is CCOC1CC(N)(C(=O)N2CC(C)OC(C)(C)C2)C1(C)C. The molecule has 0 spiro atoms. The first kappa shape index (κ1) is 16.7. The number of carbonyl (C=O) groups excluding carboxylic acids is 1. The number of nitrogens with two attached hydrogens (primary N) is 1. The molecule has 1 aliphatic heterocycles. The summed E-state index contributed by atoms with van der Waals surface area (Å²) in [7, 11) is 0. The lowest BCUT2D eigenvalue weighted by Gasteiger charge is -2.59. The van der Waals surface area contributed by atoms with Gasteiger partial charge in [0, 0.05) is 31.5 Å². The van der Waals surface area contributed by atoms with Gasteiger partial charge in [-0.25, -0.2) is 0 Å². The molecule has 0 aromatic rings. The predicted octanol–water partition coefficient (Wildman–Crippen LogP) is 1.54. The fourth-order valence-electron chi connectivity index (χ4n) is 3.69. The predicted molar refractivity (Wildman–Crippen MR) is 81.9 cm³/mol. The van der Waals surface area contributed by atoms with Crippen LogP contribution < -0.4 is 5.73 Å². The van der Waals surface area contributed by atoms with Gasteiger partial charge in [-0.05, 0) is 27.7 Å². The van der Waals surface area contributed by atoms with Gasteiger partial charge in [0.2, 0.25) is 5.91 Å². The fraction of sp³-hybridized carbons (Fsp3) is 0.938. The van der Waals surface area contributed by atoms with Crippen LogP contribution in [0.3, 0.4) is 0 Å². The molecule has 5 nitrogen and oxygen atoms in total. The van der Waals surface area contributed by atoms with Crippen LogP contribution in [0.25, 0.3) is 0 Å². The van der Waals surface area contributed by atoms with Gasteiger partial charge in [0.15, 0.2) is 0 Å². The van der Waals surface area contributed by atoms with Crippen LogP contribution in [-0.4, -0.2) is 53.9 Å². The van der Waals surface area contributed by atoms with Crippen molar-refractivity contribution in [3.63, 3.8) is 0 Å². The van der Waals surface area contributed by atoms with Crippen LogP contribution in [0.2, 0.25) is 0 Å². The number of hydrogen-bond acceptors (Lipinski definition) is 4. The monoisotopic (exact) mass is 298 g/mol. The van der Waals surface area contributed by atoms with Crippen molar-refractivity contribution >= 4 is 5.91 Å². The molecule has 1 heterocycles. The third kappa shape index (κ3) is 2.71. The van der Waals surface area contributed by atoms with Crippen LogP contribution >= 0.6 is 0 Å². The van der Waals surface area contributed by atoms with Crippen LogP contribution in [0.4, 0.5) is 0 Å². The Labute approximate surface area is 128 Å². The second-order valence-corrected chi connectivity index (χ2v) is 7.71. The highest BCUT2D eigenvalue weighted by Gasteiger charge is 2.64. The molecule has 0 aromatic heterocycles. The molecule has 1 saturated heterocycles. The maximum absolute atomic E-state index is 13.0. The molecule has 0 bridgehead atoms. The number of morpholine rings is 1. The largest absolute Gasteiger partial charge is 0.378 e. The van der Waals surface area contributed by atoms with Crippen molar-refractivity contribution in [2.45, 2.75) is 71.3 Å². The van der Waals surface area contributed by atoms with Crippen molar-refractivity contribution in [1.29, 1.82) is 0 Å². The number of nitrogens with zero attached hydrogens (tertiary/aromatic N) is 1. The summed E-state index contributed by atoms with van der Waals surface area (Å²) in [6.45, 7) is 13.9. The Hall–Kier alpha value is -0.650. The van der Waals surface area contributed by atoms with Gasteiger partial charge in [-0.1, -0.05) is 13.8 Å². The molecule has 1 saturated carbocycles. The summed E-state index contributed by atoms with van der Waals surface area (Å²) in [5.41, 5.74) is 5.00. The molecule has 5 heteroatoms. The highest BCUT2D eigenvalue weighted by atomic mass is 16.5. The van der Waals surface area contributed by atoms with Crippen LogP contribution in [0.5, 0.6) is 0 Å². The summed E-state index contributed by atoms with van der Waals surface area (Å²) in [4.78, 5) is 14.9. The molecule has 2 fully saturated rings. The average molecular weight is 298 g/mol. The Kier molecular flexibility index (Phi) is 4.15. The highest BCUT2D eigenvalue weighted by Crippen LogP contribution is 2.50. The molecule has 0 aromatic carbocycles. The second kappa shape index (κ2) is 5.21. The molecule has 1 amide bonds. The van der Waals surface area contributed by atoms with E-state index in [1.54, 1.807) is 0 Å². The first-order valence-corrected chi connectivity index (χ1v) is 7.91. The van der Waals surface area contributed by atoms with Gasteiger partial charge >= 0.3 is 0 Å². The number of carbonyl (C=O) groups is 1. The van der Waals surface area contributed by atoms with Crippen LogP contribution in [0.15, 0.2) is 0 Å². The van der Waals surface area contributed by atoms with Crippen LogP contribution in [-0.2, 0) is 14.3 Å². The summed E-state index contributed by atoms with van der Waals surface area (Å²) >= 11 is 0. The maximum atomic E-state index is 13.0. The smallest absolute Gasteiger partial charge is 0.243 e. The lowest BCUT2D eigenvalue weighted by atomic mass is 9.54. The van der Waals surface area contributed by atoms with E-state index in [4.69, 9.17) is 15.2 Å². The molecule has 3 atom stereocenters. The van der Waals surface area contributed by atoms with E-state index in [-0.39, 0.29) is 29.1 Å². The van der Waals surface area contributed by atoms with Crippen molar-refractivity contribution in [3.05, 3.63) is 0 Å². The van der Waals surface area contributed by atoms with Gasteiger partial charge in [0.25, 0.3) is 0 Å². The summed E-state index contributed by atoms with van der Waals surface area (Å²) in [6, 6.07) is 0. The molecular formula is C16H30N2O3. The quantitative estimate of drug-likeness (QED) is 0.858. The van der Waals surface area contributed by atoms with E-state index in [9.17, 15) is 4.79 Å². The Bertz CT molecular complexity index is 422. The number of hydrogen-bond donors (Lipinski definition) is 1. The zero-order chi connectivity index (χ0) is 16.1. The molecule has 1 aliphatic carbocycles. The van der Waals surface area contributed by atoms with Crippen molar-refractivity contribution in [2.75, 3.05) is 19.7 Å². The van der Waals surface area contributed by atoms with E-state index >= 15 is 0 Å². The average Bonchev–Trinajstić information content (AvgIpc) is 2.34. The zero-order valence-corrected chi connectivity index (χ0v) is 14.2. The Morgan fingerprint density at radius 2 is 2.00 bits per heavy atom. The lowest BCUT2D eigenvalue weighted by Crippen LogP contribution is -2.77. The maximum Gasteiger partial charge on any atom is 0.243 e. The van der Waals surface area contributed by atoms with E-state index in [0.717, 1.165) is 0 Å².